The topological polar surface area (TPSA) is 38.0 Å². The zero-order chi connectivity index (χ0) is 13.8. The molecule has 0 bridgehead atoms. The molecule has 0 spiro atoms. The summed E-state index contributed by atoms with van der Waals surface area (Å²) < 4.78 is 13.8. The summed E-state index contributed by atoms with van der Waals surface area (Å²) in [5.41, 5.74) is 5.37. The average Bonchev–Trinajstić information content (AvgIpc) is 2.40. The summed E-state index contributed by atoms with van der Waals surface area (Å²) in [6, 6.07) is 12.4. The van der Waals surface area contributed by atoms with Gasteiger partial charge in [-0.1, -0.05) is 41.9 Å². The molecule has 19 heavy (non-hydrogen) atoms. The summed E-state index contributed by atoms with van der Waals surface area (Å²) >= 11 is 6.05. The van der Waals surface area contributed by atoms with Crippen LogP contribution < -0.4 is 11.3 Å². The van der Waals surface area contributed by atoms with E-state index in [-0.39, 0.29) is 11.9 Å². The maximum Gasteiger partial charge on any atom is 0.127 e. The smallest absolute Gasteiger partial charge is 0.127 e. The van der Waals surface area contributed by atoms with Crippen LogP contribution in [-0.2, 0) is 6.42 Å². The third-order valence-corrected chi connectivity index (χ3v) is 3.59. The molecule has 0 fully saturated rings. The van der Waals surface area contributed by atoms with Crippen molar-refractivity contribution in [2.75, 3.05) is 0 Å². The molecule has 3 N–H and O–H groups in total. The molecule has 0 heterocycles. The minimum absolute atomic E-state index is 0.171. The SMILES string of the molecule is Cc1ccccc1C(Cc1c(F)cccc1Cl)NN. The van der Waals surface area contributed by atoms with Crippen LogP contribution in [-0.4, -0.2) is 0 Å². The minimum atomic E-state index is -0.304. The summed E-state index contributed by atoms with van der Waals surface area (Å²) in [6.45, 7) is 2.00. The molecule has 0 radical (unpaired) electrons. The summed E-state index contributed by atoms with van der Waals surface area (Å²) in [4.78, 5) is 0. The lowest BCUT2D eigenvalue weighted by molar-refractivity contribution is 0.527. The molecule has 0 saturated heterocycles. The van der Waals surface area contributed by atoms with E-state index in [1.807, 2.05) is 31.2 Å². The van der Waals surface area contributed by atoms with E-state index in [4.69, 9.17) is 17.4 Å². The van der Waals surface area contributed by atoms with Crippen LogP contribution >= 0.6 is 11.6 Å². The van der Waals surface area contributed by atoms with Crippen molar-refractivity contribution in [3.8, 4) is 0 Å². The maximum absolute atomic E-state index is 13.8. The molecule has 1 atom stereocenters. The molecule has 0 aliphatic rings. The summed E-state index contributed by atoms with van der Waals surface area (Å²) in [7, 11) is 0. The fourth-order valence-electron chi connectivity index (χ4n) is 2.17. The average molecular weight is 279 g/mol. The summed E-state index contributed by atoms with van der Waals surface area (Å²) in [5.74, 6) is 5.30. The van der Waals surface area contributed by atoms with Gasteiger partial charge in [0.1, 0.15) is 5.82 Å². The van der Waals surface area contributed by atoms with Crippen LogP contribution in [0.25, 0.3) is 0 Å². The van der Waals surface area contributed by atoms with E-state index in [2.05, 4.69) is 5.43 Å². The molecule has 0 amide bonds. The second-order valence-corrected chi connectivity index (χ2v) is 4.89. The summed E-state index contributed by atoms with van der Waals surface area (Å²) in [6.07, 6.45) is 0.410. The van der Waals surface area contributed by atoms with Gasteiger partial charge in [-0.15, -0.1) is 0 Å². The second kappa shape index (κ2) is 6.15. The number of hydrogen-bond acceptors (Lipinski definition) is 2. The van der Waals surface area contributed by atoms with Crippen molar-refractivity contribution in [1.82, 2.24) is 5.43 Å². The Hall–Kier alpha value is -1.42. The fraction of sp³-hybridized carbons (Fsp3) is 0.200. The Kier molecular flexibility index (Phi) is 4.53. The lowest BCUT2D eigenvalue weighted by Crippen LogP contribution is -2.30. The van der Waals surface area contributed by atoms with Gasteiger partial charge in [0.2, 0.25) is 0 Å². The molecule has 100 valence electrons. The molecular weight excluding hydrogens is 263 g/mol. The van der Waals surface area contributed by atoms with Crippen molar-refractivity contribution in [2.24, 2.45) is 5.84 Å². The van der Waals surface area contributed by atoms with Crippen LogP contribution in [0.3, 0.4) is 0 Å². The Labute approximate surface area is 117 Å². The van der Waals surface area contributed by atoms with Gasteiger partial charge in [0.25, 0.3) is 0 Å². The minimum Gasteiger partial charge on any atom is -0.271 e. The van der Waals surface area contributed by atoms with E-state index in [1.54, 1.807) is 12.1 Å². The molecule has 2 aromatic rings. The van der Waals surface area contributed by atoms with E-state index >= 15 is 0 Å². The van der Waals surface area contributed by atoms with E-state index in [9.17, 15) is 4.39 Å². The highest BCUT2D eigenvalue weighted by Gasteiger charge is 2.16. The molecule has 2 aromatic carbocycles. The number of halogens is 2. The zero-order valence-electron chi connectivity index (χ0n) is 10.7. The lowest BCUT2D eigenvalue weighted by atomic mass is 9.95. The van der Waals surface area contributed by atoms with Crippen molar-refractivity contribution in [2.45, 2.75) is 19.4 Å². The Morgan fingerprint density at radius 2 is 1.95 bits per heavy atom. The highest BCUT2D eigenvalue weighted by atomic mass is 35.5. The third-order valence-electron chi connectivity index (χ3n) is 3.23. The highest BCUT2D eigenvalue weighted by molar-refractivity contribution is 6.31. The van der Waals surface area contributed by atoms with Gasteiger partial charge in [-0.3, -0.25) is 11.3 Å². The molecule has 4 heteroatoms. The van der Waals surface area contributed by atoms with Crippen LogP contribution in [0.5, 0.6) is 0 Å². The van der Waals surface area contributed by atoms with Crippen LogP contribution in [0, 0.1) is 12.7 Å². The molecule has 2 rings (SSSR count). The van der Waals surface area contributed by atoms with Gasteiger partial charge >= 0.3 is 0 Å². The number of hydrazine groups is 1. The van der Waals surface area contributed by atoms with E-state index in [0.29, 0.717) is 17.0 Å². The molecule has 0 aliphatic carbocycles. The monoisotopic (exact) mass is 278 g/mol. The van der Waals surface area contributed by atoms with Crippen molar-refractivity contribution < 1.29 is 4.39 Å². The molecular formula is C15H16ClFN2. The van der Waals surface area contributed by atoms with Crippen LogP contribution in [0.15, 0.2) is 42.5 Å². The first-order valence-corrected chi connectivity index (χ1v) is 6.46. The molecule has 0 aliphatic heterocycles. The third kappa shape index (κ3) is 3.13. The van der Waals surface area contributed by atoms with Crippen LogP contribution in [0.4, 0.5) is 4.39 Å². The molecule has 0 saturated carbocycles. The first-order valence-electron chi connectivity index (χ1n) is 6.08. The summed E-state index contributed by atoms with van der Waals surface area (Å²) in [5, 5.41) is 0.425. The Balaban J connectivity index is 2.32. The number of nitrogens with one attached hydrogen (secondary N) is 1. The molecule has 0 aromatic heterocycles. The van der Waals surface area contributed by atoms with Gasteiger partial charge in [0.15, 0.2) is 0 Å². The van der Waals surface area contributed by atoms with Crippen molar-refractivity contribution in [1.29, 1.82) is 0 Å². The fourth-order valence-corrected chi connectivity index (χ4v) is 2.41. The number of aryl methyl sites for hydroxylation is 1. The Morgan fingerprint density at radius 1 is 1.21 bits per heavy atom. The van der Waals surface area contributed by atoms with Gasteiger partial charge < -0.3 is 0 Å². The van der Waals surface area contributed by atoms with Gasteiger partial charge in [0.05, 0.1) is 6.04 Å². The van der Waals surface area contributed by atoms with Gasteiger partial charge in [-0.25, -0.2) is 4.39 Å². The molecule has 1 unspecified atom stereocenters. The van der Waals surface area contributed by atoms with Gasteiger partial charge in [-0.05, 0) is 36.6 Å². The van der Waals surface area contributed by atoms with Crippen molar-refractivity contribution >= 4 is 11.6 Å². The Bertz CT molecular complexity index is 552. The normalized spacial score (nSPS) is 12.4. The first kappa shape index (κ1) is 14.0. The van der Waals surface area contributed by atoms with E-state index in [1.165, 1.54) is 6.07 Å². The highest BCUT2D eigenvalue weighted by Crippen LogP contribution is 2.26. The Morgan fingerprint density at radius 3 is 2.58 bits per heavy atom. The number of benzene rings is 2. The van der Waals surface area contributed by atoms with Gasteiger partial charge in [-0.2, -0.15) is 0 Å². The quantitative estimate of drug-likeness (QED) is 0.663. The lowest BCUT2D eigenvalue weighted by Gasteiger charge is -2.19. The van der Waals surface area contributed by atoms with Gasteiger partial charge in [0, 0.05) is 10.6 Å². The predicted octanol–water partition coefficient (Wildman–Crippen LogP) is 3.53. The van der Waals surface area contributed by atoms with Crippen LogP contribution in [0.1, 0.15) is 22.7 Å². The largest absolute Gasteiger partial charge is 0.271 e. The van der Waals surface area contributed by atoms with E-state index in [0.717, 1.165) is 11.1 Å². The van der Waals surface area contributed by atoms with E-state index < -0.39 is 0 Å². The predicted molar refractivity (Wildman–Crippen MR) is 76.4 cm³/mol. The van der Waals surface area contributed by atoms with Crippen molar-refractivity contribution in [3.05, 3.63) is 70.0 Å². The first-order chi connectivity index (χ1) is 9.13. The number of rotatable bonds is 4. The second-order valence-electron chi connectivity index (χ2n) is 4.48. The number of nitrogens with two attached hydrogens (primary N) is 1. The van der Waals surface area contributed by atoms with Crippen molar-refractivity contribution in [3.63, 3.8) is 0 Å². The maximum atomic E-state index is 13.8. The van der Waals surface area contributed by atoms with Crippen LogP contribution in [0.2, 0.25) is 5.02 Å². The standard InChI is InChI=1S/C15H16ClFN2/c1-10-5-2-3-6-11(10)15(19-18)9-12-13(16)7-4-8-14(12)17/h2-8,15,19H,9,18H2,1H3. The molecule has 2 nitrogen and oxygen atoms in total. The zero-order valence-corrected chi connectivity index (χ0v) is 11.4. The number of hydrogen-bond donors (Lipinski definition) is 2.